The van der Waals surface area contributed by atoms with Crippen molar-refractivity contribution in [2.24, 2.45) is 5.92 Å². The maximum absolute atomic E-state index is 12.0. The summed E-state index contributed by atoms with van der Waals surface area (Å²) in [6.07, 6.45) is 5.32. The maximum Gasteiger partial charge on any atom is 0.326 e. The minimum atomic E-state index is -0.978. The number of nitrogens with one attached hydrogen (secondary N) is 1. The van der Waals surface area contributed by atoms with Crippen LogP contribution in [0.2, 0.25) is 0 Å². The van der Waals surface area contributed by atoms with E-state index in [4.69, 9.17) is 0 Å². The van der Waals surface area contributed by atoms with Gasteiger partial charge >= 0.3 is 5.97 Å². The van der Waals surface area contributed by atoms with Gasteiger partial charge in [-0.05, 0) is 59.0 Å². The van der Waals surface area contributed by atoms with Crippen LogP contribution in [0, 0.1) is 9.49 Å². The van der Waals surface area contributed by atoms with Gasteiger partial charge in [0.1, 0.15) is 6.04 Å². The second-order valence-electron chi connectivity index (χ2n) is 5.64. The summed E-state index contributed by atoms with van der Waals surface area (Å²) >= 11 is 2.20. The van der Waals surface area contributed by atoms with Crippen molar-refractivity contribution in [1.82, 2.24) is 5.32 Å². The third-order valence-electron chi connectivity index (χ3n) is 3.94. The van der Waals surface area contributed by atoms with Gasteiger partial charge in [-0.15, -0.1) is 0 Å². The molecule has 0 saturated heterocycles. The number of aliphatic carboxylic acids is 1. The van der Waals surface area contributed by atoms with Crippen molar-refractivity contribution in [2.45, 2.75) is 44.6 Å². The molecule has 1 amide bonds. The predicted molar refractivity (Wildman–Crippen MR) is 89.0 cm³/mol. The molecule has 0 aliphatic heterocycles. The van der Waals surface area contributed by atoms with E-state index in [-0.39, 0.29) is 5.91 Å². The molecule has 21 heavy (non-hydrogen) atoms. The Balaban J connectivity index is 1.90. The first kappa shape index (κ1) is 16.3. The molecular weight excluding hydrogens is 381 g/mol. The summed E-state index contributed by atoms with van der Waals surface area (Å²) in [7, 11) is 0. The lowest BCUT2D eigenvalue weighted by Gasteiger charge is -2.16. The molecule has 1 saturated carbocycles. The number of carbonyl (C=O) groups excluding carboxylic acids is 1. The summed E-state index contributed by atoms with van der Waals surface area (Å²) < 4.78 is 1.11. The van der Waals surface area contributed by atoms with Crippen molar-refractivity contribution in [3.05, 3.63) is 33.4 Å². The Morgan fingerprint density at radius 1 is 1.24 bits per heavy atom. The van der Waals surface area contributed by atoms with Gasteiger partial charge in [0.05, 0.1) is 0 Å². The van der Waals surface area contributed by atoms with Crippen LogP contribution < -0.4 is 5.32 Å². The Kier molecular flexibility index (Phi) is 6.02. The van der Waals surface area contributed by atoms with E-state index in [1.807, 2.05) is 24.3 Å². The fourth-order valence-electron chi connectivity index (χ4n) is 2.79. The van der Waals surface area contributed by atoms with E-state index in [1.54, 1.807) is 0 Å². The summed E-state index contributed by atoms with van der Waals surface area (Å²) in [5.41, 5.74) is 0.920. The van der Waals surface area contributed by atoms with Crippen LogP contribution in [0.4, 0.5) is 0 Å². The normalized spacial score (nSPS) is 16.6. The number of halogens is 1. The van der Waals surface area contributed by atoms with Crippen molar-refractivity contribution in [3.63, 3.8) is 0 Å². The van der Waals surface area contributed by atoms with Crippen LogP contribution in [-0.4, -0.2) is 23.0 Å². The molecule has 2 N–H and O–H groups in total. The van der Waals surface area contributed by atoms with Crippen molar-refractivity contribution in [2.75, 3.05) is 0 Å². The molecule has 0 bridgehead atoms. The van der Waals surface area contributed by atoms with Gasteiger partial charge in [0.2, 0.25) is 5.91 Å². The van der Waals surface area contributed by atoms with Crippen molar-refractivity contribution in [3.8, 4) is 0 Å². The molecule has 5 heteroatoms. The summed E-state index contributed by atoms with van der Waals surface area (Å²) in [5, 5.41) is 11.9. The van der Waals surface area contributed by atoms with E-state index in [0.717, 1.165) is 22.0 Å². The Morgan fingerprint density at radius 2 is 1.86 bits per heavy atom. The van der Waals surface area contributed by atoms with Gasteiger partial charge in [-0.1, -0.05) is 25.0 Å². The zero-order chi connectivity index (χ0) is 15.2. The van der Waals surface area contributed by atoms with E-state index in [0.29, 0.717) is 18.8 Å². The van der Waals surface area contributed by atoms with Crippen LogP contribution in [0.5, 0.6) is 0 Å². The van der Waals surface area contributed by atoms with E-state index in [2.05, 4.69) is 27.9 Å². The quantitative estimate of drug-likeness (QED) is 0.721. The lowest BCUT2D eigenvalue weighted by Crippen LogP contribution is -2.42. The first-order valence-electron chi connectivity index (χ1n) is 7.31. The standard InChI is InChI=1S/C16H20INO3/c17-13-7-5-12(6-8-13)9-14(16(20)21)18-15(19)10-11-3-1-2-4-11/h5-8,11,14H,1-4,9-10H2,(H,18,19)(H,20,21)/t14-/m0/s1. The predicted octanol–water partition coefficient (Wildman–Crippen LogP) is 2.98. The zero-order valence-corrected chi connectivity index (χ0v) is 14.0. The molecule has 2 rings (SSSR count). The smallest absolute Gasteiger partial charge is 0.326 e. The first-order valence-corrected chi connectivity index (χ1v) is 8.39. The number of hydrogen-bond donors (Lipinski definition) is 2. The number of rotatable bonds is 6. The fraction of sp³-hybridized carbons (Fsp3) is 0.500. The summed E-state index contributed by atoms with van der Waals surface area (Å²) in [5.74, 6) is -0.689. The van der Waals surface area contributed by atoms with Crippen molar-refractivity contribution >= 4 is 34.5 Å². The Bertz CT molecular complexity index is 495. The third kappa shape index (κ3) is 5.30. The van der Waals surface area contributed by atoms with Crippen LogP contribution in [0.1, 0.15) is 37.7 Å². The Labute approximate surface area is 138 Å². The van der Waals surface area contributed by atoms with Gasteiger partial charge in [0.15, 0.2) is 0 Å². The highest BCUT2D eigenvalue weighted by molar-refractivity contribution is 14.1. The molecule has 1 aromatic rings. The summed E-state index contributed by atoms with van der Waals surface area (Å²) in [6, 6.07) is 6.84. The minimum absolute atomic E-state index is 0.139. The number of carboxylic acids is 1. The molecule has 0 spiro atoms. The van der Waals surface area contributed by atoms with E-state index >= 15 is 0 Å². The van der Waals surface area contributed by atoms with Gasteiger partial charge in [-0.25, -0.2) is 4.79 Å². The molecule has 1 aliphatic rings. The number of hydrogen-bond acceptors (Lipinski definition) is 2. The second kappa shape index (κ2) is 7.77. The average Bonchev–Trinajstić information content (AvgIpc) is 2.93. The number of carbonyl (C=O) groups is 2. The molecular formula is C16H20INO3. The van der Waals surface area contributed by atoms with Crippen molar-refractivity contribution < 1.29 is 14.7 Å². The lowest BCUT2D eigenvalue weighted by molar-refractivity contribution is -0.141. The molecule has 4 nitrogen and oxygen atoms in total. The molecule has 1 atom stereocenters. The monoisotopic (exact) mass is 401 g/mol. The highest BCUT2D eigenvalue weighted by Crippen LogP contribution is 2.27. The fourth-order valence-corrected chi connectivity index (χ4v) is 3.15. The van der Waals surface area contributed by atoms with Crippen LogP contribution in [0.25, 0.3) is 0 Å². The number of benzene rings is 1. The highest BCUT2D eigenvalue weighted by Gasteiger charge is 2.23. The maximum atomic E-state index is 12.0. The highest BCUT2D eigenvalue weighted by atomic mass is 127. The molecule has 1 aliphatic carbocycles. The summed E-state index contributed by atoms with van der Waals surface area (Å²) in [4.78, 5) is 23.3. The van der Waals surface area contributed by atoms with Gasteiger partial charge < -0.3 is 10.4 Å². The lowest BCUT2D eigenvalue weighted by atomic mass is 10.0. The first-order chi connectivity index (χ1) is 10.0. The molecule has 0 aromatic heterocycles. The Hall–Kier alpha value is -1.11. The number of carboxylic acid groups (broad SMARTS) is 1. The molecule has 114 valence electrons. The van der Waals surface area contributed by atoms with Crippen LogP contribution in [0.3, 0.4) is 0 Å². The zero-order valence-electron chi connectivity index (χ0n) is 11.8. The van der Waals surface area contributed by atoms with Gasteiger partial charge in [-0.2, -0.15) is 0 Å². The molecule has 1 aromatic carbocycles. The third-order valence-corrected chi connectivity index (χ3v) is 4.65. The molecule has 0 unspecified atom stereocenters. The molecule has 0 radical (unpaired) electrons. The Morgan fingerprint density at radius 3 is 2.43 bits per heavy atom. The van der Waals surface area contributed by atoms with E-state index < -0.39 is 12.0 Å². The van der Waals surface area contributed by atoms with Crippen molar-refractivity contribution in [1.29, 1.82) is 0 Å². The average molecular weight is 401 g/mol. The van der Waals surface area contributed by atoms with Gasteiger partial charge in [-0.3, -0.25) is 4.79 Å². The largest absolute Gasteiger partial charge is 0.480 e. The van der Waals surface area contributed by atoms with E-state index in [9.17, 15) is 14.7 Å². The van der Waals surface area contributed by atoms with Gasteiger partial charge in [0, 0.05) is 16.4 Å². The molecule has 0 heterocycles. The van der Waals surface area contributed by atoms with E-state index in [1.165, 1.54) is 12.8 Å². The number of amides is 1. The van der Waals surface area contributed by atoms with Crippen LogP contribution >= 0.6 is 22.6 Å². The second-order valence-corrected chi connectivity index (χ2v) is 6.89. The van der Waals surface area contributed by atoms with Crippen LogP contribution in [0.15, 0.2) is 24.3 Å². The van der Waals surface area contributed by atoms with Gasteiger partial charge in [0.25, 0.3) is 0 Å². The topological polar surface area (TPSA) is 66.4 Å². The minimum Gasteiger partial charge on any atom is -0.480 e. The SMILES string of the molecule is O=C(CC1CCCC1)N[C@@H](Cc1ccc(I)cc1)C(=O)O. The van der Waals surface area contributed by atoms with Crippen LogP contribution in [-0.2, 0) is 16.0 Å². The molecule has 1 fully saturated rings. The summed E-state index contributed by atoms with van der Waals surface area (Å²) in [6.45, 7) is 0.